The molecule has 1 aliphatic carbocycles. The highest BCUT2D eigenvalue weighted by molar-refractivity contribution is 7.15. The van der Waals surface area contributed by atoms with E-state index in [9.17, 15) is 4.79 Å². The fourth-order valence-electron chi connectivity index (χ4n) is 4.62. The maximum absolute atomic E-state index is 12.9. The first-order valence-corrected chi connectivity index (χ1v) is 15.1. The third kappa shape index (κ3) is 7.27. The number of aromatic nitrogens is 4. The maximum Gasteiger partial charge on any atom is 0.236 e. The zero-order valence-electron chi connectivity index (χ0n) is 24.1. The van der Waals surface area contributed by atoms with E-state index >= 15 is 0 Å². The molecule has 10 nitrogen and oxygen atoms in total. The smallest absolute Gasteiger partial charge is 0.236 e. The van der Waals surface area contributed by atoms with Crippen LogP contribution < -0.4 is 25.3 Å². The molecule has 1 saturated carbocycles. The number of hydrogen-bond donors (Lipinski definition) is 2. The van der Waals surface area contributed by atoms with Crippen LogP contribution in [-0.2, 0) is 23.1 Å². The summed E-state index contributed by atoms with van der Waals surface area (Å²) in [6.45, 7) is 0. The predicted octanol–water partition coefficient (Wildman–Crippen LogP) is 5.54. The summed E-state index contributed by atoms with van der Waals surface area (Å²) in [6, 6.07) is 15.5. The highest BCUT2D eigenvalue weighted by atomic mass is 32.1. The molecule has 4 aromatic heterocycles. The number of benzene rings is 1. The lowest BCUT2D eigenvalue weighted by molar-refractivity contribution is -0.118. The van der Waals surface area contributed by atoms with Gasteiger partial charge in [0.25, 0.3) is 0 Å². The Morgan fingerprint density at radius 3 is 2.02 bits per heavy atom. The first-order chi connectivity index (χ1) is 20.9. The van der Waals surface area contributed by atoms with E-state index in [4.69, 9.17) is 19.9 Å². The Balaban J connectivity index is 0.000000207. The number of nitrogens with one attached hydrogen (secondary N) is 1. The van der Waals surface area contributed by atoms with Crippen molar-refractivity contribution in [2.75, 3.05) is 32.4 Å². The number of amides is 1. The van der Waals surface area contributed by atoms with Gasteiger partial charge in [-0.2, -0.15) is 0 Å². The quantitative estimate of drug-likeness (QED) is 0.208. The molecule has 0 unspecified atom stereocenters. The van der Waals surface area contributed by atoms with Crippen molar-refractivity contribution in [3.63, 3.8) is 0 Å². The van der Waals surface area contributed by atoms with Crippen LogP contribution >= 0.6 is 22.7 Å². The highest BCUT2D eigenvalue weighted by Crippen LogP contribution is 2.49. The van der Waals surface area contributed by atoms with E-state index in [2.05, 4.69) is 25.3 Å². The number of nitrogens with two attached hydrogens (primary N) is 1. The molecular weight excluding hydrogens is 585 g/mol. The largest absolute Gasteiger partial charge is 0.497 e. The number of carbonyl (C=O) groups excluding carboxylic acids is 1. The van der Waals surface area contributed by atoms with E-state index < -0.39 is 5.41 Å². The Labute approximate surface area is 257 Å². The molecule has 1 amide bonds. The minimum Gasteiger partial charge on any atom is -0.497 e. The predicted molar refractivity (Wildman–Crippen MR) is 168 cm³/mol. The fraction of sp³-hybridized carbons (Fsp3) is 0.258. The number of hydrogen-bond acceptors (Lipinski definition) is 11. The van der Waals surface area contributed by atoms with E-state index in [1.807, 2.05) is 48.5 Å². The van der Waals surface area contributed by atoms with Crippen LogP contribution in [-0.4, -0.2) is 47.2 Å². The molecule has 1 aromatic carbocycles. The summed E-state index contributed by atoms with van der Waals surface area (Å²) in [4.78, 5) is 31.8. The first-order valence-electron chi connectivity index (χ1n) is 13.5. The summed E-state index contributed by atoms with van der Waals surface area (Å²) in [5.41, 5.74) is 8.10. The highest BCUT2D eigenvalue weighted by Gasteiger charge is 2.51. The minimum atomic E-state index is -0.479. The molecule has 0 atom stereocenters. The number of thiazole rings is 2. The van der Waals surface area contributed by atoms with Crippen LogP contribution in [0.3, 0.4) is 0 Å². The number of rotatable bonds is 10. The second kappa shape index (κ2) is 13.6. The Morgan fingerprint density at radius 2 is 1.47 bits per heavy atom. The number of methoxy groups -OCH3 is 3. The standard InChI is InChI=1S/C21H21N3O3S.C10H11N3OS/c1-26-16-7-3-6-15(12-16)21(8-9-21)19(25)24-20-23-13-17(28-20)11-14-5-4-10-22-18(14)27-2;1-14-9-7(3-2-4-12-9)5-8-6-13-10(11)15-8/h3-7,10,12-13H,8-9,11H2,1-2H3,(H,23,24,25);2-4,6H,5H2,1H3,(H2,11,13). The minimum absolute atomic E-state index is 0.0133. The first kappa shape index (κ1) is 29.9. The molecule has 1 fully saturated rings. The number of carbonyl (C=O) groups is 1. The van der Waals surface area contributed by atoms with Crippen molar-refractivity contribution in [2.45, 2.75) is 31.1 Å². The van der Waals surface area contributed by atoms with Gasteiger partial charge in [0, 0.05) is 58.5 Å². The molecule has 5 aromatic rings. The second-order valence-corrected chi connectivity index (χ2v) is 12.0. The van der Waals surface area contributed by atoms with Gasteiger partial charge in [-0.1, -0.05) is 24.3 Å². The third-order valence-corrected chi connectivity index (χ3v) is 8.71. The van der Waals surface area contributed by atoms with Crippen LogP contribution in [0.4, 0.5) is 10.3 Å². The van der Waals surface area contributed by atoms with Crippen molar-refractivity contribution < 1.29 is 19.0 Å². The van der Waals surface area contributed by atoms with Gasteiger partial charge in [-0.25, -0.2) is 19.9 Å². The molecule has 0 radical (unpaired) electrons. The van der Waals surface area contributed by atoms with Crippen LogP contribution in [0.2, 0.25) is 0 Å². The molecular formula is C31H32N6O4S2. The Bertz CT molecular complexity index is 1680. The van der Waals surface area contributed by atoms with Crippen LogP contribution in [0.25, 0.3) is 0 Å². The lowest BCUT2D eigenvalue weighted by Gasteiger charge is -2.15. The van der Waals surface area contributed by atoms with Gasteiger partial charge in [0.2, 0.25) is 17.7 Å². The van der Waals surface area contributed by atoms with Crippen LogP contribution in [0.5, 0.6) is 17.5 Å². The third-order valence-electron chi connectivity index (χ3n) is 6.97. The van der Waals surface area contributed by atoms with E-state index in [0.29, 0.717) is 28.4 Å². The monoisotopic (exact) mass is 616 g/mol. The van der Waals surface area contributed by atoms with Crippen molar-refractivity contribution in [3.05, 3.63) is 99.8 Å². The summed E-state index contributed by atoms with van der Waals surface area (Å²) >= 11 is 2.96. The van der Waals surface area contributed by atoms with Gasteiger partial charge in [0.15, 0.2) is 10.3 Å². The molecule has 0 saturated heterocycles. The number of ether oxygens (including phenoxy) is 3. The van der Waals surface area contributed by atoms with E-state index in [1.165, 1.54) is 22.7 Å². The van der Waals surface area contributed by atoms with Crippen molar-refractivity contribution in [3.8, 4) is 17.5 Å². The summed E-state index contributed by atoms with van der Waals surface area (Å²) in [5.74, 6) is 2.01. The van der Waals surface area contributed by atoms with Gasteiger partial charge in [0.1, 0.15) is 5.75 Å². The topological polar surface area (TPSA) is 134 Å². The molecule has 3 N–H and O–H groups in total. The van der Waals surface area contributed by atoms with E-state index in [1.54, 1.807) is 46.1 Å². The average molecular weight is 617 g/mol. The normalized spacial score (nSPS) is 12.9. The molecule has 0 spiro atoms. The van der Waals surface area contributed by atoms with Gasteiger partial charge >= 0.3 is 0 Å². The molecule has 4 heterocycles. The van der Waals surface area contributed by atoms with Gasteiger partial charge in [-0.15, -0.1) is 22.7 Å². The summed E-state index contributed by atoms with van der Waals surface area (Å²) < 4.78 is 15.8. The molecule has 0 aliphatic heterocycles. The maximum atomic E-state index is 12.9. The average Bonchev–Trinajstić information content (AvgIpc) is 3.59. The molecule has 43 heavy (non-hydrogen) atoms. The van der Waals surface area contributed by atoms with Gasteiger partial charge in [0.05, 0.1) is 26.7 Å². The number of nitrogens with zero attached hydrogens (tertiary/aromatic N) is 4. The Morgan fingerprint density at radius 1 is 0.837 bits per heavy atom. The van der Waals surface area contributed by atoms with Crippen LogP contribution in [0.15, 0.2) is 73.3 Å². The zero-order valence-corrected chi connectivity index (χ0v) is 25.7. The number of nitrogen functional groups attached to an aromatic ring is 1. The van der Waals surface area contributed by atoms with Gasteiger partial charge < -0.3 is 25.3 Å². The molecule has 222 valence electrons. The lowest BCUT2D eigenvalue weighted by atomic mass is 9.95. The van der Waals surface area contributed by atoms with E-state index in [-0.39, 0.29) is 5.91 Å². The van der Waals surface area contributed by atoms with E-state index in [0.717, 1.165) is 51.5 Å². The summed E-state index contributed by atoms with van der Waals surface area (Å²) in [5, 5.41) is 4.20. The second-order valence-electron chi connectivity index (χ2n) is 9.76. The molecule has 12 heteroatoms. The van der Waals surface area contributed by atoms with Crippen molar-refractivity contribution in [2.24, 2.45) is 0 Å². The number of anilines is 2. The summed E-state index contributed by atoms with van der Waals surface area (Å²) in [7, 11) is 4.86. The fourth-order valence-corrected chi connectivity index (χ4v) is 6.16. The Hall–Kier alpha value is -4.55. The van der Waals surface area contributed by atoms with Gasteiger partial charge in [-0.3, -0.25) is 4.79 Å². The SMILES string of the molecule is COc1cccc(C2(C(=O)Nc3ncc(Cc4cccnc4OC)s3)CC2)c1.COc1ncccc1Cc1cnc(N)s1. The zero-order chi connectivity index (χ0) is 30.2. The Kier molecular flexibility index (Phi) is 9.48. The molecule has 1 aliphatic rings. The van der Waals surface area contributed by atoms with Crippen molar-refractivity contribution >= 4 is 38.8 Å². The molecule has 6 rings (SSSR count). The van der Waals surface area contributed by atoms with Gasteiger partial charge in [-0.05, 0) is 42.7 Å². The molecule has 0 bridgehead atoms. The van der Waals surface area contributed by atoms with Crippen molar-refractivity contribution in [1.82, 2.24) is 19.9 Å². The van der Waals surface area contributed by atoms with Crippen LogP contribution in [0.1, 0.15) is 39.3 Å². The lowest BCUT2D eigenvalue weighted by Crippen LogP contribution is -2.27. The number of pyridine rings is 2. The summed E-state index contributed by atoms with van der Waals surface area (Å²) in [6.07, 6.45) is 10.1. The van der Waals surface area contributed by atoms with Crippen molar-refractivity contribution in [1.29, 1.82) is 0 Å². The van der Waals surface area contributed by atoms with Crippen LogP contribution in [0, 0.1) is 0 Å².